The molecule has 8 nitrogen and oxygen atoms in total. The number of nitrogens with zero attached hydrogens (tertiary/aromatic N) is 3. The lowest BCUT2D eigenvalue weighted by Gasteiger charge is -2.11. The van der Waals surface area contributed by atoms with Crippen LogP contribution in [0.15, 0.2) is 70.8 Å². The number of aromatic nitrogens is 3. The van der Waals surface area contributed by atoms with Gasteiger partial charge in [-0.1, -0.05) is 6.58 Å². The van der Waals surface area contributed by atoms with Crippen molar-refractivity contribution in [3.63, 3.8) is 0 Å². The molecule has 4 rings (SSSR count). The first-order chi connectivity index (χ1) is 15.5. The summed E-state index contributed by atoms with van der Waals surface area (Å²) in [6.07, 6.45) is 5.42. The number of rotatable bonds is 6. The molecule has 1 N–H and O–H groups in total. The molecule has 0 fully saturated rings. The van der Waals surface area contributed by atoms with Crippen LogP contribution in [-0.4, -0.2) is 20.9 Å². The summed E-state index contributed by atoms with van der Waals surface area (Å²) in [4.78, 5) is 36.0. The van der Waals surface area contributed by atoms with E-state index < -0.39 is 17.3 Å². The van der Waals surface area contributed by atoms with Crippen molar-refractivity contribution in [1.82, 2.24) is 15.0 Å². The number of aryl methyl sites for hydroxylation is 1. The number of hydrogen-bond acceptors (Lipinski definition) is 7. The molecule has 160 valence electrons. The molecule has 3 aromatic heterocycles. The van der Waals surface area contributed by atoms with Crippen LogP contribution < -0.4 is 15.7 Å². The Bertz CT molecular complexity index is 1390. The van der Waals surface area contributed by atoms with Crippen molar-refractivity contribution in [3.8, 4) is 11.8 Å². The highest BCUT2D eigenvalue weighted by Crippen LogP contribution is 2.27. The minimum Gasteiger partial charge on any atom is -0.424 e. The van der Waals surface area contributed by atoms with Crippen LogP contribution in [0, 0.1) is 12.7 Å². The van der Waals surface area contributed by atoms with Gasteiger partial charge in [-0.3, -0.25) is 4.79 Å². The summed E-state index contributed by atoms with van der Waals surface area (Å²) in [5, 5.41) is 2.98. The van der Waals surface area contributed by atoms with Gasteiger partial charge < -0.3 is 14.5 Å². The molecule has 9 heteroatoms. The van der Waals surface area contributed by atoms with Gasteiger partial charge >= 0.3 is 11.6 Å². The SMILES string of the molecule is C=CC(=O)Nc1nccc(Cc2c(C)c3ccc(Oc4ncccn4)cc3oc2=O)c1F. The molecular formula is C23H17FN4O4. The molecule has 1 amide bonds. The van der Waals surface area contributed by atoms with Gasteiger partial charge in [-0.05, 0) is 48.4 Å². The Labute approximate surface area is 181 Å². The number of pyridine rings is 1. The molecule has 1 aromatic carbocycles. The molecule has 0 saturated heterocycles. The monoisotopic (exact) mass is 432 g/mol. The average molecular weight is 432 g/mol. The van der Waals surface area contributed by atoms with Gasteiger partial charge in [0, 0.05) is 42.0 Å². The number of carbonyl (C=O) groups is 1. The van der Waals surface area contributed by atoms with Gasteiger partial charge in [0.1, 0.15) is 11.3 Å². The Morgan fingerprint density at radius 1 is 1.22 bits per heavy atom. The van der Waals surface area contributed by atoms with Gasteiger partial charge in [-0.2, -0.15) is 0 Å². The molecule has 0 unspecified atom stereocenters. The van der Waals surface area contributed by atoms with Crippen LogP contribution in [0.2, 0.25) is 0 Å². The van der Waals surface area contributed by atoms with Crippen LogP contribution in [0.5, 0.6) is 11.8 Å². The van der Waals surface area contributed by atoms with E-state index in [0.717, 1.165) is 6.08 Å². The van der Waals surface area contributed by atoms with E-state index in [-0.39, 0.29) is 23.8 Å². The number of ether oxygens (including phenoxy) is 1. The molecule has 0 atom stereocenters. The Kier molecular flexibility index (Phi) is 5.71. The van der Waals surface area contributed by atoms with E-state index in [1.807, 2.05) is 0 Å². The third-order valence-corrected chi connectivity index (χ3v) is 4.77. The van der Waals surface area contributed by atoms with E-state index in [1.165, 1.54) is 12.3 Å². The molecule has 0 radical (unpaired) electrons. The van der Waals surface area contributed by atoms with Gasteiger partial charge in [0.25, 0.3) is 0 Å². The number of amides is 1. The largest absolute Gasteiger partial charge is 0.424 e. The minimum absolute atomic E-state index is 0.0362. The Hall–Kier alpha value is -4.40. The number of fused-ring (bicyclic) bond motifs is 1. The summed E-state index contributed by atoms with van der Waals surface area (Å²) >= 11 is 0. The van der Waals surface area contributed by atoms with E-state index in [4.69, 9.17) is 9.15 Å². The normalized spacial score (nSPS) is 10.7. The second-order valence-corrected chi connectivity index (χ2v) is 6.79. The molecule has 4 aromatic rings. The van der Waals surface area contributed by atoms with Gasteiger partial charge in [0.05, 0.1) is 0 Å². The van der Waals surface area contributed by atoms with Crippen molar-refractivity contribution in [2.24, 2.45) is 0 Å². The first-order valence-corrected chi connectivity index (χ1v) is 9.54. The van der Waals surface area contributed by atoms with E-state index in [2.05, 4.69) is 26.8 Å². The molecule has 0 aliphatic carbocycles. The summed E-state index contributed by atoms with van der Waals surface area (Å²) in [6.45, 7) is 5.09. The van der Waals surface area contributed by atoms with Crippen molar-refractivity contribution >= 4 is 22.7 Å². The maximum atomic E-state index is 14.8. The van der Waals surface area contributed by atoms with Crippen molar-refractivity contribution in [1.29, 1.82) is 0 Å². The predicted molar refractivity (Wildman–Crippen MR) is 115 cm³/mol. The zero-order chi connectivity index (χ0) is 22.7. The van der Waals surface area contributed by atoms with Crippen LogP contribution in [0.1, 0.15) is 16.7 Å². The molecule has 32 heavy (non-hydrogen) atoms. The van der Waals surface area contributed by atoms with Gasteiger partial charge in [-0.25, -0.2) is 24.1 Å². The fraction of sp³-hybridized carbons (Fsp3) is 0.0870. The molecule has 0 aliphatic heterocycles. The number of nitrogens with one attached hydrogen (secondary N) is 1. The maximum absolute atomic E-state index is 14.8. The zero-order valence-corrected chi connectivity index (χ0v) is 17.0. The first kappa shape index (κ1) is 20.9. The summed E-state index contributed by atoms with van der Waals surface area (Å²) < 4.78 is 25.9. The third kappa shape index (κ3) is 4.22. The van der Waals surface area contributed by atoms with Gasteiger partial charge in [0.15, 0.2) is 11.6 Å². The minimum atomic E-state index is -0.729. The Balaban J connectivity index is 1.68. The third-order valence-electron chi connectivity index (χ3n) is 4.77. The smallest absolute Gasteiger partial charge is 0.340 e. The Morgan fingerprint density at radius 2 is 2.00 bits per heavy atom. The number of halogens is 1. The first-order valence-electron chi connectivity index (χ1n) is 9.54. The summed E-state index contributed by atoms with van der Waals surface area (Å²) in [7, 11) is 0. The van der Waals surface area contributed by atoms with Crippen LogP contribution >= 0.6 is 0 Å². The highest BCUT2D eigenvalue weighted by Gasteiger charge is 2.17. The Morgan fingerprint density at radius 3 is 2.75 bits per heavy atom. The molecular weight excluding hydrogens is 415 g/mol. The van der Waals surface area contributed by atoms with Crippen LogP contribution in [0.4, 0.5) is 10.2 Å². The fourth-order valence-corrected chi connectivity index (χ4v) is 3.15. The van der Waals surface area contributed by atoms with Crippen molar-refractivity contribution < 1.29 is 18.3 Å². The highest BCUT2D eigenvalue weighted by molar-refractivity contribution is 5.98. The fourth-order valence-electron chi connectivity index (χ4n) is 3.15. The quantitative estimate of drug-likeness (QED) is 0.363. The van der Waals surface area contributed by atoms with Crippen LogP contribution in [-0.2, 0) is 11.2 Å². The lowest BCUT2D eigenvalue weighted by molar-refractivity contribution is -0.111. The summed E-state index contributed by atoms with van der Waals surface area (Å²) in [5.74, 6) is -1.15. The van der Waals surface area contributed by atoms with Crippen molar-refractivity contribution in [3.05, 3.63) is 94.5 Å². The average Bonchev–Trinajstić information content (AvgIpc) is 2.79. The van der Waals surface area contributed by atoms with Gasteiger partial charge in [-0.15, -0.1) is 0 Å². The predicted octanol–water partition coefficient (Wildman–Crippen LogP) is 3.93. The van der Waals surface area contributed by atoms with Crippen molar-refractivity contribution in [2.75, 3.05) is 5.32 Å². The lowest BCUT2D eigenvalue weighted by Crippen LogP contribution is -2.14. The topological polar surface area (TPSA) is 107 Å². The van der Waals surface area contributed by atoms with Crippen LogP contribution in [0.3, 0.4) is 0 Å². The highest BCUT2D eigenvalue weighted by atomic mass is 19.1. The van der Waals surface area contributed by atoms with Crippen LogP contribution in [0.25, 0.3) is 11.0 Å². The van der Waals surface area contributed by atoms with Crippen molar-refractivity contribution in [2.45, 2.75) is 13.3 Å². The van der Waals surface area contributed by atoms with E-state index >= 15 is 0 Å². The summed E-state index contributed by atoms with van der Waals surface area (Å²) in [6, 6.07) is 8.28. The molecule has 0 spiro atoms. The van der Waals surface area contributed by atoms with Gasteiger partial charge in [0.2, 0.25) is 5.91 Å². The van der Waals surface area contributed by atoms with E-state index in [1.54, 1.807) is 43.6 Å². The number of hydrogen-bond donors (Lipinski definition) is 1. The molecule has 0 saturated carbocycles. The maximum Gasteiger partial charge on any atom is 0.340 e. The zero-order valence-electron chi connectivity index (χ0n) is 17.0. The molecule has 0 bridgehead atoms. The standard InChI is InChI=1S/C23H17FN4O4/c1-3-19(29)28-21-20(24)14(7-10-25-21)11-17-13(2)16-6-5-15(12-18(16)32-22(17)30)31-23-26-8-4-9-27-23/h3-10,12H,1,11H2,2H3,(H,25,28,29). The lowest BCUT2D eigenvalue weighted by atomic mass is 9.99. The molecule has 0 aliphatic rings. The molecule has 3 heterocycles. The van der Waals surface area contributed by atoms with E-state index in [0.29, 0.717) is 27.8 Å². The second-order valence-electron chi connectivity index (χ2n) is 6.79. The number of benzene rings is 1. The number of anilines is 1. The number of carbonyl (C=O) groups excluding carboxylic acids is 1. The van der Waals surface area contributed by atoms with E-state index in [9.17, 15) is 14.0 Å². The summed E-state index contributed by atoms with van der Waals surface area (Å²) in [5.41, 5.74) is 0.848. The second kappa shape index (κ2) is 8.76.